The maximum Gasteiger partial charge on any atom is 0.283 e. The maximum absolute atomic E-state index is 11.2. The Morgan fingerprint density at radius 2 is 2.25 bits per heavy atom. The number of nitrogens with one attached hydrogen (secondary N) is 1. The lowest BCUT2D eigenvalue weighted by Crippen LogP contribution is -2.23. The molecule has 0 aliphatic heterocycles. The van der Waals surface area contributed by atoms with E-state index in [1.54, 1.807) is 0 Å². The van der Waals surface area contributed by atoms with E-state index in [-0.39, 0.29) is 11.0 Å². The molecule has 0 saturated heterocycles. The van der Waals surface area contributed by atoms with Crippen molar-refractivity contribution in [2.24, 2.45) is 0 Å². The van der Waals surface area contributed by atoms with E-state index in [1.807, 2.05) is 0 Å². The Labute approximate surface area is 71.7 Å². The van der Waals surface area contributed by atoms with Crippen LogP contribution in [0.4, 0.5) is 0 Å². The first-order valence-corrected chi connectivity index (χ1v) is 4.24. The Hall–Kier alpha value is -0.990. The Balaban J connectivity index is 2.96. The summed E-state index contributed by atoms with van der Waals surface area (Å²) in [5, 5.41) is 2.30. The predicted molar refractivity (Wildman–Crippen MR) is 47.3 cm³/mol. The van der Waals surface area contributed by atoms with E-state index in [1.165, 1.54) is 6.26 Å². The van der Waals surface area contributed by atoms with Gasteiger partial charge in [0.1, 0.15) is 6.26 Å². The molecule has 0 radical (unpaired) electrons. The molecule has 1 heterocycles. The Bertz CT molecular complexity index is 295. The number of hydrogen-bond donors (Lipinski definition) is 1. The molecule has 0 unspecified atom stereocenters. The molecule has 1 N–H and O–H groups in total. The second-order valence-corrected chi connectivity index (χ2v) is 3.71. The molecule has 0 spiro atoms. The van der Waals surface area contributed by atoms with Gasteiger partial charge in [0.05, 0.1) is 5.56 Å². The average molecular weight is 169 g/mol. The van der Waals surface area contributed by atoms with Crippen LogP contribution in [0.1, 0.15) is 39.2 Å². The SMILES string of the molecule is CCCC(C)(C)c1co[nH]c1=O. The number of hydrogen-bond acceptors (Lipinski definition) is 2. The van der Waals surface area contributed by atoms with Crippen molar-refractivity contribution in [2.75, 3.05) is 0 Å². The number of rotatable bonds is 3. The quantitative estimate of drug-likeness (QED) is 0.752. The third kappa shape index (κ3) is 1.60. The van der Waals surface area contributed by atoms with Crippen LogP contribution in [0.5, 0.6) is 0 Å². The normalized spacial score (nSPS) is 11.9. The predicted octanol–water partition coefficient (Wildman–Crippen LogP) is 2.05. The molecule has 0 atom stereocenters. The van der Waals surface area contributed by atoms with Gasteiger partial charge in [-0.05, 0) is 11.8 Å². The zero-order valence-corrected chi connectivity index (χ0v) is 7.81. The fourth-order valence-electron chi connectivity index (χ4n) is 1.48. The van der Waals surface area contributed by atoms with Gasteiger partial charge in [0, 0.05) is 0 Å². The highest BCUT2D eigenvalue weighted by Gasteiger charge is 2.24. The summed E-state index contributed by atoms with van der Waals surface area (Å²) < 4.78 is 4.74. The monoisotopic (exact) mass is 169 g/mol. The van der Waals surface area contributed by atoms with E-state index < -0.39 is 0 Å². The zero-order chi connectivity index (χ0) is 9.19. The lowest BCUT2D eigenvalue weighted by atomic mass is 9.82. The van der Waals surface area contributed by atoms with Gasteiger partial charge in [-0.1, -0.05) is 27.2 Å². The molecule has 0 aromatic carbocycles. The molecule has 68 valence electrons. The molecule has 0 bridgehead atoms. The minimum atomic E-state index is -0.103. The summed E-state index contributed by atoms with van der Waals surface area (Å²) in [7, 11) is 0. The van der Waals surface area contributed by atoms with Gasteiger partial charge in [0.2, 0.25) is 0 Å². The van der Waals surface area contributed by atoms with Crippen molar-refractivity contribution in [3.63, 3.8) is 0 Å². The third-order valence-corrected chi connectivity index (χ3v) is 2.18. The highest BCUT2D eigenvalue weighted by Crippen LogP contribution is 2.25. The van der Waals surface area contributed by atoms with Gasteiger partial charge in [0.15, 0.2) is 0 Å². The molecule has 0 aliphatic rings. The minimum absolute atomic E-state index is 0.0741. The summed E-state index contributed by atoms with van der Waals surface area (Å²) in [4.78, 5) is 11.2. The lowest BCUT2D eigenvalue weighted by Gasteiger charge is -2.20. The topological polar surface area (TPSA) is 46.0 Å². The van der Waals surface area contributed by atoms with E-state index in [4.69, 9.17) is 4.52 Å². The second kappa shape index (κ2) is 3.17. The van der Waals surface area contributed by atoms with Crippen LogP contribution >= 0.6 is 0 Å². The number of aromatic amines is 1. The van der Waals surface area contributed by atoms with E-state index in [2.05, 4.69) is 25.9 Å². The molecule has 0 aliphatic carbocycles. The summed E-state index contributed by atoms with van der Waals surface area (Å²) in [6.45, 7) is 6.21. The van der Waals surface area contributed by atoms with E-state index >= 15 is 0 Å². The Morgan fingerprint density at radius 1 is 1.58 bits per heavy atom. The van der Waals surface area contributed by atoms with Crippen LogP contribution in [-0.4, -0.2) is 5.16 Å². The first kappa shape index (κ1) is 9.10. The molecule has 3 nitrogen and oxygen atoms in total. The Kier molecular flexibility index (Phi) is 2.40. The smallest absolute Gasteiger partial charge is 0.283 e. The lowest BCUT2D eigenvalue weighted by molar-refractivity contribution is 0.408. The van der Waals surface area contributed by atoms with Gasteiger partial charge in [-0.2, -0.15) is 5.16 Å². The van der Waals surface area contributed by atoms with Crippen LogP contribution in [0.15, 0.2) is 15.6 Å². The second-order valence-electron chi connectivity index (χ2n) is 3.71. The van der Waals surface area contributed by atoms with Crippen molar-refractivity contribution < 1.29 is 4.52 Å². The van der Waals surface area contributed by atoms with E-state index in [0.717, 1.165) is 18.4 Å². The summed E-state index contributed by atoms with van der Waals surface area (Å²) in [5.74, 6) is 0. The van der Waals surface area contributed by atoms with Crippen molar-refractivity contribution in [3.8, 4) is 0 Å². The number of H-pyrrole nitrogens is 1. The number of aromatic nitrogens is 1. The van der Waals surface area contributed by atoms with Crippen molar-refractivity contribution >= 4 is 0 Å². The minimum Gasteiger partial charge on any atom is -0.387 e. The average Bonchev–Trinajstić information content (AvgIpc) is 2.35. The van der Waals surface area contributed by atoms with Gasteiger partial charge in [-0.25, -0.2) is 0 Å². The first-order chi connectivity index (χ1) is 5.58. The molecule has 1 rings (SSSR count). The summed E-state index contributed by atoms with van der Waals surface area (Å²) in [6.07, 6.45) is 3.57. The summed E-state index contributed by atoms with van der Waals surface area (Å²) in [5.41, 5.74) is 0.563. The largest absolute Gasteiger partial charge is 0.387 e. The molecule has 0 fully saturated rings. The molecule has 1 aromatic heterocycles. The van der Waals surface area contributed by atoms with Crippen molar-refractivity contribution in [3.05, 3.63) is 22.2 Å². The van der Waals surface area contributed by atoms with Crippen LogP contribution in [0, 0.1) is 0 Å². The molecule has 3 heteroatoms. The molecular weight excluding hydrogens is 154 g/mol. The van der Waals surface area contributed by atoms with Crippen molar-refractivity contribution in [2.45, 2.75) is 39.0 Å². The van der Waals surface area contributed by atoms with Crippen LogP contribution in [0.2, 0.25) is 0 Å². The maximum atomic E-state index is 11.2. The first-order valence-electron chi connectivity index (χ1n) is 4.24. The van der Waals surface area contributed by atoms with Gasteiger partial charge in [0.25, 0.3) is 5.56 Å². The molecular formula is C9H15NO2. The molecule has 1 aromatic rings. The standard InChI is InChI=1S/C9H15NO2/c1-4-5-9(2,3)7-6-12-10-8(7)11/h6H,4-5H2,1-3H3,(H,10,11). The molecule has 12 heavy (non-hydrogen) atoms. The summed E-state index contributed by atoms with van der Waals surface area (Å²) >= 11 is 0. The van der Waals surface area contributed by atoms with Gasteiger partial charge >= 0.3 is 0 Å². The highest BCUT2D eigenvalue weighted by molar-refractivity contribution is 5.14. The Morgan fingerprint density at radius 3 is 2.67 bits per heavy atom. The highest BCUT2D eigenvalue weighted by atomic mass is 16.5. The van der Waals surface area contributed by atoms with Crippen LogP contribution in [-0.2, 0) is 5.41 Å². The van der Waals surface area contributed by atoms with E-state index in [9.17, 15) is 4.79 Å². The third-order valence-electron chi connectivity index (χ3n) is 2.18. The zero-order valence-electron chi connectivity index (χ0n) is 7.81. The van der Waals surface area contributed by atoms with Crippen molar-refractivity contribution in [1.29, 1.82) is 0 Å². The van der Waals surface area contributed by atoms with E-state index in [0.29, 0.717) is 0 Å². The van der Waals surface area contributed by atoms with Crippen molar-refractivity contribution in [1.82, 2.24) is 5.16 Å². The van der Waals surface area contributed by atoms with Crippen LogP contribution in [0.25, 0.3) is 0 Å². The van der Waals surface area contributed by atoms with Crippen LogP contribution < -0.4 is 5.56 Å². The fourth-order valence-corrected chi connectivity index (χ4v) is 1.48. The molecule has 0 saturated carbocycles. The van der Waals surface area contributed by atoms with Crippen LogP contribution in [0.3, 0.4) is 0 Å². The van der Waals surface area contributed by atoms with Gasteiger partial charge in [-0.15, -0.1) is 0 Å². The van der Waals surface area contributed by atoms with Gasteiger partial charge in [-0.3, -0.25) is 4.79 Å². The molecule has 0 amide bonds. The fraction of sp³-hybridized carbons (Fsp3) is 0.667. The van der Waals surface area contributed by atoms with Gasteiger partial charge < -0.3 is 4.52 Å². The summed E-state index contributed by atoms with van der Waals surface area (Å²) in [6, 6.07) is 0.